The Morgan fingerprint density at radius 2 is 2.12 bits per heavy atom. The minimum Gasteiger partial charge on any atom is -0.481 e. The molecular weight excluding hydrogens is 247 g/mol. The van der Waals surface area contributed by atoms with Crippen LogP contribution in [0.25, 0.3) is 0 Å². The molecule has 1 rings (SSSR count). The summed E-state index contributed by atoms with van der Waals surface area (Å²) in [5, 5.41) is 8.31. The van der Waals surface area contributed by atoms with Crippen LogP contribution < -0.4 is 0 Å². The molecule has 88 valence electrons. The SMILES string of the molecule is O=C(O)CCc1cc(C(F)(F)F)cnc1Cl. The lowest BCUT2D eigenvalue weighted by atomic mass is 10.1. The van der Waals surface area contributed by atoms with Crippen LogP contribution in [0.15, 0.2) is 12.3 Å². The van der Waals surface area contributed by atoms with Gasteiger partial charge in [0, 0.05) is 12.6 Å². The molecule has 0 amide bonds. The molecule has 1 N–H and O–H groups in total. The molecule has 0 aromatic carbocycles. The van der Waals surface area contributed by atoms with Crippen molar-refractivity contribution in [3.8, 4) is 0 Å². The molecule has 0 aliphatic rings. The van der Waals surface area contributed by atoms with Crippen molar-refractivity contribution in [2.24, 2.45) is 0 Å². The second-order valence-electron chi connectivity index (χ2n) is 3.07. The zero-order valence-corrected chi connectivity index (χ0v) is 8.64. The zero-order valence-electron chi connectivity index (χ0n) is 7.88. The van der Waals surface area contributed by atoms with Gasteiger partial charge in [-0.2, -0.15) is 13.2 Å². The normalized spacial score (nSPS) is 11.5. The Labute approximate surface area is 93.9 Å². The first-order valence-electron chi connectivity index (χ1n) is 4.24. The summed E-state index contributed by atoms with van der Waals surface area (Å²) in [5.41, 5.74) is -0.851. The van der Waals surface area contributed by atoms with Gasteiger partial charge >= 0.3 is 12.1 Å². The number of alkyl halides is 3. The highest BCUT2D eigenvalue weighted by molar-refractivity contribution is 6.30. The first kappa shape index (κ1) is 12.8. The fourth-order valence-electron chi connectivity index (χ4n) is 1.07. The van der Waals surface area contributed by atoms with E-state index < -0.39 is 17.7 Å². The first-order chi connectivity index (χ1) is 7.30. The van der Waals surface area contributed by atoms with Gasteiger partial charge in [0.05, 0.1) is 5.56 Å². The van der Waals surface area contributed by atoms with E-state index in [2.05, 4.69) is 4.98 Å². The number of aryl methyl sites for hydroxylation is 1. The number of pyridine rings is 1. The summed E-state index contributed by atoms with van der Waals surface area (Å²) in [6.45, 7) is 0. The van der Waals surface area contributed by atoms with Gasteiger partial charge in [-0.3, -0.25) is 4.79 Å². The van der Waals surface area contributed by atoms with Gasteiger partial charge in [0.25, 0.3) is 0 Å². The number of rotatable bonds is 3. The molecular formula is C9H7ClF3NO2. The van der Waals surface area contributed by atoms with Gasteiger partial charge in [-0.1, -0.05) is 11.6 Å². The number of hydrogen-bond acceptors (Lipinski definition) is 2. The van der Waals surface area contributed by atoms with Crippen molar-refractivity contribution >= 4 is 17.6 Å². The Morgan fingerprint density at radius 1 is 1.50 bits per heavy atom. The lowest BCUT2D eigenvalue weighted by Gasteiger charge is -2.08. The maximum atomic E-state index is 12.3. The lowest BCUT2D eigenvalue weighted by molar-refractivity contribution is -0.138. The third-order valence-electron chi connectivity index (χ3n) is 1.85. The second-order valence-corrected chi connectivity index (χ2v) is 3.42. The van der Waals surface area contributed by atoms with E-state index in [0.29, 0.717) is 6.20 Å². The number of carboxylic acids is 1. The van der Waals surface area contributed by atoms with Crippen LogP contribution in [0.1, 0.15) is 17.5 Å². The molecule has 0 unspecified atom stereocenters. The third kappa shape index (κ3) is 3.37. The van der Waals surface area contributed by atoms with E-state index >= 15 is 0 Å². The summed E-state index contributed by atoms with van der Waals surface area (Å²) in [7, 11) is 0. The summed E-state index contributed by atoms with van der Waals surface area (Å²) in [6.07, 6.45) is -4.25. The molecule has 0 radical (unpaired) electrons. The van der Waals surface area contributed by atoms with E-state index in [-0.39, 0.29) is 23.6 Å². The number of hydrogen-bond donors (Lipinski definition) is 1. The molecule has 0 saturated carbocycles. The Hall–Kier alpha value is -1.30. The molecule has 0 aliphatic carbocycles. The molecule has 1 aromatic rings. The highest BCUT2D eigenvalue weighted by atomic mass is 35.5. The summed E-state index contributed by atoms with van der Waals surface area (Å²) in [4.78, 5) is 13.7. The molecule has 0 spiro atoms. The summed E-state index contributed by atoms with van der Waals surface area (Å²) < 4.78 is 36.9. The molecule has 1 aromatic heterocycles. The quantitative estimate of drug-likeness (QED) is 0.843. The second kappa shape index (κ2) is 4.69. The predicted octanol–water partition coefficient (Wildman–Crippen LogP) is 2.77. The van der Waals surface area contributed by atoms with E-state index in [1.165, 1.54) is 0 Å². The van der Waals surface area contributed by atoms with E-state index in [1.54, 1.807) is 0 Å². The van der Waals surface area contributed by atoms with Crippen LogP contribution in [-0.4, -0.2) is 16.1 Å². The molecule has 0 atom stereocenters. The minimum absolute atomic E-state index is 0.0783. The van der Waals surface area contributed by atoms with Crippen molar-refractivity contribution in [2.45, 2.75) is 19.0 Å². The monoisotopic (exact) mass is 253 g/mol. The average Bonchev–Trinajstić information content (AvgIpc) is 2.14. The number of carboxylic acid groups (broad SMARTS) is 1. The molecule has 7 heteroatoms. The molecule has 0 saturated heterocycles. The van der Waals surface area contributed by atoms with Crippen LogP contribution in [-0.2, 0) is 17.4 Å². The van der Waals surface area contributed by atoms with Gasteiger partial charge in [-0.15, -0.1) is 0 Å². The smallest absolute Gasteiger partial charge is 0.417 e. The number of aliphatic carboxylic acids is 1. The Bertz CT molecular complexity index is 406. The van der Waals surface area contributed by atoms with Crippen molar-refractivity contribution in [2.75, 3.05) is 0 Å². The van der Waals surface area contributed by atoms with Gasteiger partial charge < -0.3 is 5.11 Å². The number of halogens is 4. The van der Waals surface area contributed by atoms with Crippen molar-refractivity contribution in [1.82, 2.24) is 4.98 Å². The van der Waals surface area contributed by atoms with Crippen molar-refractivity contribution in [3.05, 3.63) is 28.5 Å². The summed E-state index contributed by atoms with van der Waals surface area (Å²) >= 11 is 5.56. The maximum absolute atomic E-state index is 12.3. The van der Waals surface area contributed by atoms with Crippen LogP contribution in [0.5, 0.6) is 0 Å². The van der Waals surface area contributed by atoms with E-state index in [1.807, 2.05) is 0 Å². The first-order valence-corrected chi connectivity index (χ1v) is 4.62. The number of carbonyl (C=O) groups is 1. The van der Waals surface area contributed by atoms with Crippen LogP contribution in [0.3, 0.4) is 0 Å². The third-order valence-corrected chi connectivity index (χ3v) is 2.19. The topological polar surface area (TPSA) is 50.2 Å². The Morgan fingerprint density at radius 3 is 2.62 bits per heavy atom. The van der Waals surface area contributed by atoms with Crippen LogP contribution in [0.4, 0.5) is 13.2 Å². The summed E-state index contributed by atoms with van der Waals surface area (Å²) in [6, 6.07) is 0.818. The molecule has 0 aliphatic heterocycles. The number of nitrogens with zero attached hydrogens (tertiary/aromatic N) is 1. The standard InChI is InChI=1S/C9H7ClF3NO2/c10-8-5(1-2-7(15)16)3-6(4-14-8)9(11,12)13/h3-4H,1-2H2,(H,15,16). The highest BCUT2D eigenvalue weighted by Crippen LogP contribution is 2.30. The van der Waals surface area contributed by atoms with E-state index in [0.717, 1.165) is 6.07 Å². The predicted molar refractivity (Wildman–Crippen MR) is 50.2 cm³/mol. The van der Waals surface area contributed by atoms with E-state index in [9.17, 15) is 18.0 Å². The fourth-order valence-corrected chi connectivity index (χ4v) is 1.26. The fraction of sp³-hybridized carbons (Fsp3) is 0.333. The van der Waals surface area contributed by atoms with Crippen LogP contribution in [0.2, 0.25) is 5.15 Å². The van der Waals surface area contributed by atoms with Crippen LogP contribution >= 0.6 is 11.6 Å². The number of aromatic nitrogens is 1. The Balaban J connectivity index is 2.95. The van der Waals surface area contributed by atoms with E-state index in [4.69, 9.17) is 16.7 Å². The highest BCUT2D eigenvalue weighted by Gasteiger charge is 2.31. The summed E-state index contributed by atoms with van der Waals surface area (Å²) in [5.74, 6) is -1.10. The van der Waals surface area contributed by atoms with Crippen molar-refractivity contribution in [3.63, 3.8) is 0 Å². The van der Waals surface area contributed by atoms with Crippen molar-refractivity contribution in [1.29, 1.82) is 0 Å². The minimum atomic E-state index is -4.50. The van der Waals surface area contributed by atoms with Gasteiger partial charge in [0.2, 0.25) is 0 Å². The zero-order chi connectivity index (χ0) is 12.3. The van der Waals surface area contributed by atoms with Gasteiger partial charge in [0.1, 0.15) is 5.15 Å². The maximum Gasteiger partial charge on any atom is 0.417 e. The molecule has 1 heterocycles. The molecule has 3 nitrogen and oxygen atoms in total. The van der Waals surface area contributed by atoms with Gasteiger partial charge in [0.15, 0.2) is 0 Å². The average molecular weight is 254 g/mol. The van der Waals surface area contributed by atoms with Crippen LogP contribution in [0, 0.1) is 0 Å². The molecule has 0 bridgehead atoms. The van der Waals surface area contributed by atoms with Gasteiger partial charge in [-0.05, 0) is 18.1 Å². The molecule has 16 heavy (non-hydrogen) atoms. The largest absolute Gasteiger partial charge is 0.481 e. The molecule has 0 fully saturated rings. The lowest BCUT2D eigenvalue weighted by Crippen LogP contribution is -2.07. The van der Waals surface area contributed by atoms with Gasteiger partial charge in [-0.25, -0.2) is 4.98 Å². The van der Waals surface area contributed by atoms with Crippen molar-refractivity contribution < 1.29 is 23.1 Å². The Kier molecular flexibility index (Phi) is 3.74.